The molecule has 0 aliphatic heterocycles. The summed E-state index contributed by atoms with van der Waals surface area (Å²) in [6.45, 7) is 1.99. The lowest BCUT2D eigenvalue weighted by atomic mass is 10.2. The quantitative estimate of drug-likeness (QED) is 0.783. The van der Waals surface area contributed by atoms with E-state index in [1.54, 1.807) is 0 Å². The maximum atomic E-state index is 10.4. The van der Waals surface area contributed by atoms with Crippen molar-refractivity contribution in [2.24, 2.45) is 0 Å². The van der Waals surface area contributed by atoms with E-state index >= 15 is 0 Å². The van der Waals surface area contributed by atoms with Gasteiger partial charge in [0.15, 0.2) is 5.69 Å². The van der Waals surface area contributed by atoms with E-state index in [-0.39, 0.29) is 5.69 Å². The van der Waals surface area contributed by atoms with Crippen LogP contribution in [0.15, 0.2) is 6.07 Å². The minimum Gasteiger partial charge on any atom is -0.476 e. The summed E-state index contributed by atoms with van der Waals surface area (Å²) in [4.78, 5) is 10.4. The number of hydrogen-bond acceptors (Lipinski definition) is 2. The summed E-state index contributed by atoms with van der Waals surface area (Å²) in [5.41, 5.74) is 0.727. The molecule has 0 spiro atoms. The van der Waals surface area contributed by atoms with Crippen LogP contribution in [0.25, 0.3) is 0 Å². The van der Waals surface area contributed by atoms with E-state index in [0.29, 0.717) is 0 Å². The molecular formula is C7H9ClN2O2. The highest BCUT2D eigenvalue weighted by Crippen LogP contribution is 2.08. The van der Waals surface area contributed by atoms with E-state index in [1.807, 2.05) is 6.92 Å². The second kappa shape index (κ2) is 3.58. The van der Waals surface area contributed by atoms with Crippen molar-refractivity contribution >= 4 is 17.7 Å². The SMILES string of the molecule is CCCc1cc(C(=O)O)nn1Cl. The molecule has 0 aliphatic rings. The standard InChI is InChI=1S/C7H9ClN2O2/c1-2-3-5-4-6(7(11)12)9-10(5)8/h4H,2-3H2,1H3,(H,11,12). The van der Waals surface area contributed by atoms with Gasteiger partial charge >= 0.3 is 5.97 Å². The van der Waals surface area contributed by atoms with Crippen LogP contribution >= 0.6 is 11.8 Å². The van der Waals surface area contributed by atoms with Crippen molar-refractivity contribution in [2.75, 3.05) is 0 Å². The van der Waals surface area contributed by atoms with Crippen molar-refractivity contribution in [1.82, 2.24) is 9.30 Å². The molecule has 0 bridgehead atoms. The first-order valence-corrected chi connectivity index (χ1v) is 3.97. The Labute approximate surface area is 74.9 Å². The lowest BCUT2D eigenvalue weighted by Crippen LogP contribution is -1.97. The predicted octanol–water partition coefficient (Wildman–Crippen LogP) is 1.54. The fourth-order valence-electron chi connectivity index (χ4n) is 0.924. The molecule has 12 heavy (non-hydrogen) atoms. The Balaban J connectivity index is 2.92. The van der Waals surface area contributed by atoms with Crippen molar-refractivity contribution in [1.29, 1.82) is 0 Å². The summed E-state index contributed by atoms with van der Waals surface area (Å²) in [7, 11) is 0. The smallest absolute Gasteiger partial charge is 0.356 e. The number of halogens is 1. The zero-order valence-electron chi connectivity index (χ0n) is 6.62. The molecule has 1 rings (SSSR count). The molecule has 0 unspecified atom stereocenters. The minimum atomic E-state index is -1.05. The summed E-state index contributed by atoms with van der Waals surface area (Å²) in [5, 5.41) is 12.2. The highest BCUT2D eigenvalue weighted by molar-refractivity contribution is 6.15. The van der Waals surface area contributed by atoms with Gasteiger partial charge in [-0.1, -0.05) is 13.3 Å². The molecule has 0 aliphatic carbocycles. The number of hydrogen-bond donors (Lipinski definition) is 1. The largest absolute Gasteiger partial charge is 0.476 e. The van der Waals surface area contributed by atoms with Crippen molar-refractivity contribution < 1.29 is 9.90 Å². The van der Waals surface area contributed by atoms with Crippen LogP contribution in [0.5, 0.6) is 0 Å². The first kappa shape index (κ1) is 9.06. The molecule has 0 saturated heterocycles. The Morgan fingerprint density at radius 2 is 2.50 bits per heavy atom. The van der Waals surface area contributed by atoms with Gasteiger partial charge in [0.2, 0.25) is 0 Å². The van der Waals surface area contributed by atoms with Crippen LogP contribution in [0.3, 0.4) is 0 Å². The molecule has 0 amide bonds. The van der Waals surface area contributed by atoms with Crippen molar-refractivity contribution in [3.8, 4) is 0 Å². The minimum absolute atomic E-state index is 0.00606. The highest BCUT2D eigenvalue weighted by atomic mass is 35.5. The lowest BCUT2D eigenvalue weighted by Gasteiger charge is -1.92. The molecule has 5 heteroatoms. The van der Waals surface area contributed by atoms with E-state index in [2.05, 4.69) is 5.10 Å². The average Bonchev–Trinajstić information content (AvgIpc) is 2.34. The summed E-state index contributed by atoms with van der Waals surface area (Å²) < 4.78 is 1.09. The van der Waals surface area contributed by atoms with Gasteiger partial charge in [-0.15, -0.1) is 5.10 Å². The normalized spacial score (nSPS) is 10.2. The molecule has 1 aromatic heterocycles. The third-order valence-corrected chi connectivity index (χ3v) is 1.75. The topological polar surface area (TPSA) is 55.1 Å². The number of aromatic carboxylic acids is 1. The van der Waals surface area contributed by atoms with Gasteiger partial charge in [0.1, 0.15) is 0 Å². The van der Waals surface area contributed by atoms with Gasteiger partial charge in [0, 0.05) is 11.8 Å². The fraction of sp³-hybridized carbons (Fsp3) is 0.429. The highest BCUT2D eigenvalue weighted by Gasteiger charge is 2.10. The Bertz CT molecular complexity index is 296. The molecule has 1 heterocycles. The number of rotatable bonds is 3. The molecule has 0 radical (unpaired) electrons. The Morgan fingerprint density at radius 3 is 2.92 bits per heavy atom. The number of aromatic nitrogens is 2. The first-order valence-electron chi connectivity index (χ1n) is 3.63. The maximum absolute atomic E-state index is 10.4. The monoisotopic (exact) mass is 188 g/mol. The molecule has 4 nitrogen and oxygen atoms in total. The van der Waals surface area contributed by atoms with E-state index in [9.17, 15) is 4.79 Å². The van der Waals surface area contributed by atoms with Gasteiger partial charge in [-0.2, -0.15) is 4.20 Å². The average molecular weight is 189 g/mol. The second-order valence-corrected chi connectivity index (χ2v) is 2.76. The molecular weight excluding hydrogens is 180 g/mol. The molecule has 0 fully saturated rings. The Kier molecular flexibility index (Phi) is 2.70. The zero-order valence-corrected chi connectivity index (χ0v) is 7.38. The van der Waals surface area contributed by atoms with Crippen molar-refractivity contribution in [3.63, 3.8) is 0 Å². The van der Waals surface area contributed by atoms with Gasteiger partial charge in [0.25, 0.3) is 0 Å². The van der Waals surface area contributed by atoms with Gasteiger partial charge in [-0.05, 0) is 12.5 Å². The summed E-state index contributed by atoms with van der Waals surface area (Å²) in [6, 6.07) is 1.48. The van der Waals surface area contributed by atoms with E-state index in [1.165, 1.54) is 6.07 Å². The van der Waals surface area contributed by atoms with E-state index in [4.69, 9.17) is 16.9 Å². The van der Waals surface area contributed by atoms with Gasteiger partial charge < -0.3 is 5.11 Å². The van der Waals surface area contributed by atoms with Crippen LogP contribution in [-0.4, -0.2) is 20.4 Å². The van der Waals surface area contributed by atoms with E-state index < -0.39 is 5.97 Å². The molecule has 66 valence electrons. The molecule has 0 atom stereocenters. The summed E-state index contributed by atoms with van der Waals surface area (Å²) >= 11 is 5.61. The van der Waals surface area contributed by atoms with Gasteiger partial charge in [0.05, 0.1) is 5.69 Å². The molecule has 1 aromatic rings. The third kappa shape index (κ3) is 1.76. The van der Waals surface area contributed by atoms with Gasteiger partial charge in [-0.3, -0.25) is 0 Å². The van der Waals surface area contributed by atoms with Crippen molar-refractivity contribution in [2.45, 2.75) is 19.8 Å². The molecule has 0 saturated carbocycles. The molecule has 0 aromatic carbocycles. The van der Waals surface area contributed by atoms with Gasteiger partial charge in [-0.25, -0.2) is 4.79 Å². The Hall–Kier alpha value is -1.03. The number of aryl methyl sites for hydroxylation is 1. The summed E-state index contributed by atoms with van der Waals surface area (Å²) in [5.74, 6) is -1.05. The van der Waals surface area contributed by atoms with E-state index in [0.717, 1.165) is 22.7 Å². The summed E-state index contributed by atoms with van der Waals surface area (Å²) in [6.07, 6.45) is 1.65. The van der Waals surface area contributed by atoms with Crippen molar-refractivity contribution in [3.05, 3.63) is 17.5 Å². The van der Waals surface area contributed by atoms with Crippen LogP contribution in [0.1, 0.15) is 29.5 Å². The third-order valence-electron chi connectivity index (χ3n) is 1.46. The molecule has 1 N–H and O–H groups in total. The Morgan fingerprint density at radius 1 is 1.83 bits per heavy atom. The van der Waals surface area contributed by atoms with Crippen LogP contribution in [-0.2, 0) is 6.42 Å². The maximum Gasteiger partial charge on any atom is 0.356 e. The number of carboxylic acids is 1. The van der Waals surface area contributed by atoms with Crippen LogP contribution in [0.2, 0.25) is 0 Å². The number of carboxylic acid groups (broad SMARTS) is 1. The second-order valence-electron chi connectivity index (χ2n) is 2.44. The zero-order chi connectivity index (χ0) is 9.14. The number of nitrogens with zero attached hydrogens (tertiary/aromatic N) is 2. The fourth-order valence-corrected chi connectivity index (χ4v) is 1.14. The van der Waals surface area contributed by atoms with Crippen LogP contribution in [0, 0.1) is 0 Å². The van der Waals surface area contributed by atoms with Crippen LogP contribution < -0.4 is 0 Å². The number of carbonyl (C=O) groups is 1. The lowest BCUT2D eigenvalue weighted by molar-refractivity contribution is 0.0690. The van der Waals surface area contributed by atoms with Crippen LogP contribution in [0.4, 0.5) is 0 Å². The first-order chi connectivity index (χ1) is 5.65. The predicted molar refractivity (Wildman–Crippen MR) is 44.4 cm³/mol.